The van der Waals surface area contributed by atoms with E-state index in [1.807, 2.05) is 43.3 Å². The van der Waals surface area contributed by atoms with Crippen molar-refractivity contribution >= 4 is 17.5 Å². The van der Waals surface area contributed by atoms with E-state index in [0.717, 1.165) is 16.8 Å². The monoisotopic (exact) mass is 412 g/mol. The van der Waals surface area contributed by atoms with Gasteiger partial charge in [0.1, 0.15) is 0 Å². The zero-order valence-corrected chi connectivity index (χ0v) is 17.8. The number of methoxy groups -OCH3 is 3. The zero-order valence-electron chi connectivity index (χ0n) is 17.8. The number of aryl methyl sites for hydroxylation is 1. The van der Waals surface area contributed by atoms with Gasteiger partial charge in [0.15, 0.2) is 11.5 Å². The third-order valence-corrected chi connectivity index (χ3v) is 5.55. The molecule has 0 fully saturated rings. The molecule has 1 heterocycles. The standard InChI is InChI=1S/C23H28N2O5/c1-14-11-17(23(24)27)16-7-5-6-8-18(16)25(14)21(26)10-9-15-12-19(28-2)22(30-4)20(13-15)29-3/h5-8,12-14,17H,9-11H2,1-4H3,(H2,24,27). The highest BCUT2D eigenvalue weighted by Gasteiger charge is 2.35. The summed E-state index contributed by atoms with van der Waals surface area (Å²) < 4.78 is 16.1. The highest BCUT2D eigenvalue weighted by molar-refractivity contribution is 5.97. The Hall–Kier alpha value is -3.22. The maximum absolute atomic E-state index is 13.2. The summed E-state index contributed by atoms with van der Waals surface area (Å²) in [4.78, 5) is 26.9. The molecule has 0 aliphatic carbocycles. The molecular weight excluding hydrogens is 384 g/mol. The second-order valence-electron chi connectivity index (χ2n) is 7.40. The topological polar surface area (TPSA) is 91.1 Å². The number of rotatable bonds is 7. The van der Waals surface area contributed by atoms with Crippen LogP contribution in [0.25, 0.3) is 0 Å². The maximum atomic E-state index is 13.2. The van der Waals surface area contributed by atoms with Crippen LogP contribution in [0.1, 0.15) is 36.8 Å². The highest BCUT2D eigenvalue weighted by Crippen LogP contribution is 2.40. The summed E-state index contributed by atoms with van der Waals surface area (Å²) >= 11 is 0. The third kappa shape index (κ3) is 4.06. The summed E-state index contributed by atoms with van der Waals surface area (Å²) in [7, 11) is 4.68. The molecule has 1 aliphatic heterocycles. The summed E-state index contributed by atoms with van der Waals surface area (Å²) in [5.74, 6) is 0.882. The Balaban J connectivity index is 1.83. The van der Waals surface area contributed by atoms with Crippen molar-refractivity contribution in [3.8, 4) is 17.2 Å². The fourth-order valence-electron chi connectivity index (χ4n) is 4.11. The molecule has 0 bridgehead atoms. The minimum absolute atomic E-state index is 0.00776. The maximum Gasteiger partial charge on any atom is 0.227 e. The van der Waals surface area contributed by atoms with Gasteiger partial charge in [-0.2, -0.15) is 0 Å². The molecule has 2 N–H and O–H groups in total. The Morgan fingerprint density at radius 2 is 1.70 bits per heavy atom. The molecule has 7 nitrogen and oxygen atoms in total. The van der Waals surface area contributed by atoms with Gasteiger partial charge in [-0.25, -0.2) is 0 Å². The van der Waals surface area contributed by atoms with Crippen LogP contribution in [0, 0.1) is 0 Å². The van der Waals surface area contributed by atoms with Gasteiger partial charge in [0, 0.05) is 18.2 Å². The number of ether oxygens (including phenoxy) is 3. The molecule has 2 amide bonds. The number of primary amides is 1. The molecular formula is C23H28N2O5. The van der Waals surface area contributed by atoms with E-state index in [4.69, 9.17) is 19.9 Å². The van der Waals surface area contributed by atoms with Gasteiger partial charge < -0.3 is 24.8 Å². The second kappa shape index (κ2) is 9.07. The van der Waals surface area contributed by atoms with Crippen LogP contribution in [0.2, 0.25) is 0 Å². The van der Waals surface area contributed by atoms with Crippen LogP contribution in [0.15, 0.2) is 36.4 Å². The van der Waals surface area contributed by atoms with Gasteiger partial charge in [-0.15, -0.1) is 0 Å². The van der Waals surface area contributed by atoms with Crippen LogP contribution in [-0.2, 0) is 16.0 Å². The number of amides is 2. The SMILES string of the molecule is COc1cc(CCC(=O)N2c3ccccc3C(C(N)=O)CC2C)cc(OC)c1OC. The van der Waals surface area contributed by atoms with Gasteiger partial charge >= 0.3 is 0 Å². The molecule has 1 aliphatic rings. The van der Waals surface area contributed by atoms with Gasteiger partial charge in [0.25, 0.3) is 0 Å². The number of nitrogens with zero attached hydrogens (tertiary/aromatic N) is 1. The predicted molar refractivity (Wildman–Crippen MR) is 114 cm³/mol. The Labute approximate surface area is 176 Å². The molecule has 160 valence electrons. The Bertz CT molecular complexity index is 918. The summed E-state index contributed by atoms with van der Waals surface area (Å²) in [6, 6.07) is 11.1. The predicted octanol–water partition coefficient (Wildman–Crippen LogP) is 3.04. The van der Waals surface area contributed by atoms with Crippen LogP contribution in [0.4, 0.5) is 5.69 Å². The summed E-state index contributed by atoms with van der Waals surface area (Å²) in [5, 5.41) is 0. The van der Waals surface area contributed by atoms with Gasteiger partial charge in [-0.3, -0.25) is 9.59 Å². The fraction of sp³-hybridized carbons (Fsp3) is 0.391. The van der Waals surface area contributed by atoms with E-state index in [1.165, 1.54) is 0 Å². The lowest BCUT2D eigenvalue weighted by atomic mass is 9.85. The molecule has 2 unspecified atom stereocenters. The number of hydrogen-bond acceptors (Lipinski definition) is 5. The number of anilines is 1. The normalized spacial score (nSPS) is 17.8. The Morgan fingerprint density at radius 1 is 1.07 bits per heavy atom. The molecule has 0 spiro atoms. The minimum atomic E-state index is -0.379. The first-order chi connectivity index (χ1) is 14.4. The average molecular weight is 412 g/mol. The quantitative estimate of drug-likeness (QED) is 0.755. The van der Waals surface area contributed by atoms with Gasteiger partial charge in [-0.05, 0) is 49.1 Å². The summed E-state index contributed by atoms with van der Waals surface area (Å²) in [6.45, 7) is 1.95. The van der Waals surface area contributed by atoms with Gasteiger partial charge in [-0.1, -0.05) is 18.2 Å². The van der Waals surface area contributed by atoms with E-state index < -0.39 is 0 Å². The van der Waals surface area contributed by atoms with E-state index in [-0.39, 0.29) is 23.8 Å². The first-order valence-corrected chi connectivity index (χ1v) is 9.90. The lowest BCUT2D eigenvalue weighted by Gasteiger charge is -2.38. The van der Waals surface area contributed by atoms with Crippen molar-refractivity contribution in [2.45, 2.75) is 38.1 Å². The molecule has 30 heavy (non-hydrogen) atoms. The largest absolute Gasteiger partial charge is 0.493 e. The van der Waals surface area contributed by atoms with Crippen molar-refractivity contribution in [3.63, 3.8) is 0 Å². The molecule has 2 atom stereocenters. The molecule has 0 saturated carbocycles. The number of carbonyl (C=O) groups is 2. The number of carbonyl (C=O) groups excluding carboxylic acids is 2. The third-order valence-electron chi connectivity index (χ3n) is 5.55. The molecule has 2 aromatic rings. The molecule has 0 saturated heterocycles. The number of benzene rings is 2. The second-order valence-corrected chi connectivity index (χ2v) is 7.40. The van der Waals surface area contributed by atoms with Gasteiger partial charge in [0.05, 0.1) is 27.2 Å². The molecule has 2 aromatic carbocycles. The molecule has 7 heteroatoms. The lowest BCUT2D eigenvalue weighted by Crippen LogP contribution is -2.45. The van der Waals surface area contributed by atoms with Gasteiger partial charge in [0.2, 0.25) is 17.6 Å². The summed E-state index contributed by atoms with van der Waals surface area (Å²) in [5.41, 5.74) is 8.08. The van der Waals surface area contributed by atoms with Crippen molar-refractivity contribution < 1.29 is 23.8 Å². The Kier molecular flexibility index (Phi) is 6.50. The number of para-hydroxylation sites is 1. The molecule has 0 radical (unpaired) electrons. The van der Waals surface area contributed by atoms with E-state index in [2.05, 4.69) is 0 Å². The fourth-order valence-corrected chi connectivity index (χ4v) is 4.11. The van der Waals surface area contributed by atoms with E-state index >= 15 is 0 Å². The van der Waals surface area contributed by atoms with Crippen molar-refractivity contribution in [2.24, 2.45) is 5.73 Å². The van der Waals surface area contributed by atoms with E-state index in [0.29, 0.717) is 36.5 Å². The highest BCUT2D eigenvalue weighted by atomic mass is 16.5. The number of nitrogens with two attached hydrogens (primary N) is 1. The smallest absolute Gasteiger partial charge is 0.227 e. The first-order valence-electron chi connectivity index (χ1n) is 9.90. The average Bonchev–Trinajstić information content (AvgIpc) is 2.75. The van der Waals surface area contributed by atoms with Crippen molar-refractivity contribution in [1.82, 2.24) is 0 Å². The van der Waals surface area contributed by atoms with Crippen molar-refractivity contribution in [3.05, 3.63) is 47.5 Å². The zero-order chi connectivity index (χ0) is 21.8. The molecule has 3 rings (SSSR count). The minimum Gasteiger partial charge on any atom is -0.493 e. The van der Waals surface area contributed by atoms with E-state index in [9.17, 15) is 9.59 Å². The van der Waals surface area contributed by atoms with Crippen LogP contribution >= 0.6 is 0 Å². The summed E-state index contributed by atoms with van der Waals surface area (Å²) in [6.07, 6.45) is 1.33. The number of hydrogen-bond donors (Lipinski definition) is 1. The van der Waals surface area contributed by atoms with Crippen LogP contribution < -0.4 is 24.8 Å². The van der Waals surface area contributed by atoms with E-state index in [1.54, 1.807) is 26.2 Å². The van der Waals surface area contributed by atoms with Crippen LogP contribution in [0.5, 0.6) is 17.2 Å². The first kappa shape index (κ1) is 21.5. The van der Waals surface area contributed by atoms with Crippen LogP contribution in [-0.4, -0.2) is 39.2 Å². The van der Waals surface area contributed by atoms with Crippen molar-refractivity contribution in [2.75, 3.05) is 26.2 Å². The Morgan fingerprint density at radius 3 is 2.27 bits per heavy atom. The molecule has 0 aromatic heterocycles. The lowest BCUT2D eigenvalue weighted by molar-refractivity contribution is -0.121. The van der Waals surface area contributed by atoms with Crippen LogP contribution in [0.3, 0.4) is 0 Å². The van der Waals surface area contributed by atoms with Crippen molar-refractivity contribution in [1.29, 1.82) is 0 Å². The number of fused-ring (bicyclic) bond motifs is 1.